The summed E-state index contributed by atoms with van der Waals surface area (Å²) >= 11 is 0. The van der Waals surface area contributed by atoms with Gasteiger partial charge in [-0.1, -0.05) is 36.4 Å². The molecule has 0 spiro atoms. The van der Waals surface area contributed by atoms with E-state index >= 15 is 0 Å². The Morgan fingerprint density at radius 3 is 2.50 bits per heavy atom. The van der Waals surface area contributed by atoms with E-state index in [1.807, 2.05) is 53.1 Å². The fourth-order valence-corrected chi connectivity index (χ4v) is 5.86. The van der Waals surface area contributed by atoms with E-state index < -0.39 is 30.6 Å². The Labute approximate surface area is 193 Å². The van der Waals surface area contributed by atoms with Gasteiger partial charge in [0.1, 0.15) is 18.3 Å². The number of H-pyrrole nitrogens is 1. The van der Waals surface area contributed by atoms with Crippen LogP contribution in [0.5, 0.6) is 0 Å². The lowest BCUT2D eigenvalue weighted by Crippen LogP contribution is -2.54. The van der Waals surface area contributed by atoms with Crippen molar-refractivity contribution in [3.8, 4) is 0 Å². The first-order chi connectivity index (χ1) is 16.5. The molecule has 0 radical (unpaired) electrons. The first-order valence-electron chi connectivity index (χ1n) is 11.4. The lowest BCUT2D eigenvalue weighted by Gasteiger charge is -2.40. The van der Waals surface area contributed by atoms with E-state index in [2.05, 4.69) is 10.3 Å². The first-order valence-corrected chi connectivity index (χ1v) is 11.4. The molecule has 4 heterocycles. The molecule has 0 aliphatic carbocycles. The van der Waals surface area contributed by atoms with Crippen LogP contribution in [-0.2, 0) is 11.3 Å². The van der Waals surface area contributed by atoms with Gasteiger partial charge in [0.25, 0.3) is 5.91 Å². The van der Waals surface area contributed by atoms with Crippen LogP contribution < -0.4 is 5.32 Å². The molecule has 1 saturated heterocycles. The summed E-state index contributed by atoms with van der Waals surface area (Å²) in [5.74, 6) is -0.135. The summed E-state index contributed by atoms with van der Waals surface area (Å²) in [4.78, 5) is 16.7. The average molecular weight is 457 g/mol. The Bertz CT molecular complexity index is 1650. The normalized spacial score (nSPS) is 27.2. The molecule has 3 aromatic carbocycles. The molecule has 0 unspecified atom stereocenters. The van der Waals surface area contributed by atoms with Crippen molar-refractivity contribution in [3.05, 3.63) is 59.7 Å². The van der Waals surface area contributed by atoms with E-state index in [0.717, 1.165) is 49.2 Å². The number of carbonyl (C=O) groups is 1. The maximum atomic E-state index is 13.1. The van der Waals surface area contributed by atoms with Gasteiger partial charge in [-0.2, -0.15) is 0 Å². The van der Waals surface area contributed by atoms with Crippen molar-refractivity contribution in [2.75, 3.05) is 0 Å². The highest BCUT2D eigenvalue weighted by Gasteiger charge is 2.44. The van der Waals surface area contributed by atoms with Crippen LogP contribution in [0.1, 0.15) is 29.1 Å². The van der Waals surface area contributed by atoms with Crippen molar-refractivity contribution in [1.29, 1.82) is 0 Å². The summed E-state index contributed by atoms with van der Waals surface area (Å²) in [7, 11) is 0. The number of nitrogens with one attached hydrogen (secondary N) is 2. The van der Waals surface area contributed by atoms with Crippen molar-refractivity contribution in [2.24, 2.45) is 0 Å². The number of aromatic amines is 1. The Morgan fingerprint density at radius 1 is 0.941 bits per heavy atom. The van der Waals surface area contributed by atoms with E-state index in [9.17, 15) is 20.1 Å². The zero-order chi connectivity index (χ0) is 23.3. The zero-order valence-electron chi connectivity index (χ0n) is 18.3. The van der Waals surface area contributed by atoms with Crippen molar-refractivity contribution in [1.82, 2.24) is 14.9 Å². The second-order valence-electron chi connectivity index (χ2n) is 9.27. The summed E-state index contributed by atoms with van der Waals surface area (Å²) in [5, 5.41) is 38.5. The number of aliphatic hydroxyl groups is 3. The minimum Gasteiger partial charge on any atom is -0.388 e. The minimum absolute atomic E-state index is 0.135. The van der Waals surface area contributed by atoms with Gasteiger partial charge in [-0.25, -0.2) is 0 Å². The summed E-state index contributed by atoms with van der Waals surface area (Å²) in [6.07, 6.45) is -5.61. The third-order valence-corrected chi connectivity index (χ3v) is 7.44. The number of aromatic nitrogens is 2. The number of para-hydroxylation sites is 2. The molecule has 8 heteroatoms. The summed E-state index contributed by atoms with van der Waals surface area (Å²) in [5.41, 5.74) is 4.85. The number of nitrogens with zero attached hydrogens (tertiary/aromatic N) is 1. The van der Waals surface area contributed by atoms with Crippen LogP contribution in [0.3, 0.4) is 0 Å². The van der Waals surface area contributed by atoms with Crippen molar-refractivity contribution >= 4 is 49.5 Å². The van der Waals surface area contributed by atoms with Gasteiger partial charge in [0.05, 0.1) is 28.2 Å². The topological polar surface area (TPSA) is 120 Å². The molecule has 5 aromatic rings. The molecule has 0 saturated carbocycles. The van der Waals surface area contributed by atoms with Crippen LogP contribution in [0, 0.1) is 0 Å². The minimum atomic E-state index is -1.37. The molecule has 2 aliphatic rings. The van der Waals surface area contributed by atoms with Crippen LogP contribution >= 0.6 is 0 Å². The highest BCUT2D eigenvalue weighted by molar-refractivity contribution is 6.30. The van der Waals surface area contributed by atoms with Gasteiger partial charge in [-0.05, 0) is 24.6 Å². The van der Waals surface area contributed by atoms with Crippen LogP contribution in [0.25, 0.3) is 43.6 Å². The monoisotopic (exact) mass is 457 g/mol. The Balaban J connectivity index is 1.70. The fourth-order valence-electron chi connectivity index (χ4n) is 5.86. The van der Waals surface area contributed by atoms with E-state index in [1.165, 1.54) is 0 Å². The van der Waals surface area contributed by atoms with Gasteiger partial charge in [0.2, 0.25) is 0 Å². The molecule has 2 aliphatic heterocycles. The quantitative estimate of drug-likeness (QED) is 0.265. The highest BCUT2D eigenvalue weighted by atomic mass is 16.5. The number of carbonyl (C=O) groups excluding carboxylic acids is 1. The molecular weight excluding hydrogens is 434 g/mol. The van der Waals surface area contributed by atoms with Gasteiger partial charge >= 0.3 is 0 Å². The maximum absolute atomic E-state index is 13.1. The van der Waals surface area contributed by atoms with Gasteiger partial charge in [0.15, 0.2) is 6.23 Å². The van der Waals surface area contributed by atoms with Gasteiger partial charge in [-0.15, -0.1) is 0 Å². The fraction of sp³-hybridized carbons (Fsp3) is 0.269. The van der Waals surface area contributed by atoms with Gasteiger partial charge in [0, 0.05) is 33.6 Å². The van der Waals surface area contributed by atoms with E-state index in [4.69, 9.17) is 4.74 Å². The Hall–Kier alpha value is -3.43. The molecule has 0 bridgehead atoms. The predicted molar refractivity (Wildman–Crippen MR) is 128 cm³/mol. The number of fused-ring (bicyclic) bond motifs is 10. The number of amides is 1. The SMILES string of the molecule is C[C@@H]1O[C@@H](n2c3ccccc3c3c4c(c5c6ccccc6[nH]c5c32)CNC4=O)[C@H](O)[C@H](O)[C@H]1O. The molecule has 7 rings (SSSR count). The number of ether oxygens (including phenoxy) is 1. The summed E-state index contributed by atoms with van der Waals surface area (Å²) < 4.78 is 7.97. The molecule has 5 N–H and O–H groups in total. The average Bonchev–Trinajstić information content (AvgIpc) is 3.51. The lowest BCUT2D eigenvalue weighted by molar-refractivity contribution is -0.238. The molecule has 34 heavy (non-hydrogen) atoms. The largest absolute Gasteiger partial charge is 0.388 e. The second kappa shape index (κ2) is 6.80. The molecule has 8 nitrogen and oxygen atoms in total. The van der Waals surface area contributed by atoms with Crippen molar-refractivity contribution < 1.29 is 24.9 Å². The zero-order valence-corrected chi connectivity index (χ0v) is 18.3. The van der Waals surface area contributed by atoms with Crippen LogP contribution in [0.15, 0.2) is 48.5 Å². The predicted octanol–water partition coefficient (Wildman–Crippen LogP) is 2.67. The van der Waals surface area contributed by atoms with Gasteiger partial charge < -0.3 is 34.9 Å². The second-order valence-corrected chi connectivity index (χ2v) is 9.27. The number of hydrogen-bond donors (Lipinski definition) is 5. The lowest BCUT2D eigenvalue weighted by atomic mass is 9.96. The smallest absolute Gasteiger partial charge is 0.252 e. The highest BCUT2D eigenvalue weighted by Crippen LogP contribution is 2.45. The van der Waals surface area contributed by atoms with Crippen LogP contribution in [-0.4, -0.2) is 55.2 Å². The third kappa shape index (κ3) is 2.38. The standard InChI is InChI=1S/C26H23N3O5/c1-11-22(30)23(31)24(32)26(34-11)29-16-9-5-3-7-13(16)18-19-14(10-27-25(19)33)17-12-6-2-4-8-15(12)28-20(17)21(18)29/h2-9,11,22-24,26,28,30-32H,10H2,1H3,(H,27,33)/t11-,22-,23+,24+,26+/m0/s1. The Morgan fingerprint density at radius 2 is 1.68 bits per heavy atom. The van der Waals surface area contributed by atoms with Crippen molar-refractivity contribution in [3.63, 3.8) is 0 Å². The van der Waals surface area contributed by atoms with Crippen LogP contribution in [0.2, 0.25) is 0 Å². The van der Waals surface area contributed by atoms with Gasteiger partial charge in [-0.3, -0.25) is 4.79 Å². The first kappa shape index (κ1) is 20.0. The summed E-state index contributed by atoms with van der Waals surface area (Å²) in [6.45, 7) is 2.11. The molecule has 5 atom stereocenters. The molecule has 2 aromatic heterocycles. The number of hydrogen-bond acceptors (Lipinski definition) is 5. The third-order valence-electron chi connectivity index (χ3n) is 7.44. The van der Waals surface area contributed by atoms with E-state index in [1.54, 1.807) is 6.92 Å². The Kier molecular flexibility index (Phi) is 4.00. The van der Waals surface area contributed by atoms with Crippen molar-refractivity contribution in [2.45, 2.75) is 44.1 Å². The number of benzene rings is 3. The van der Waals surface area contributed by atoms with Crippen LogP contribution in [0.4, 0.5) is 0 Å². The van der Waals surface area contributed by atoms with E-state index in [-0.39, 0.29) is 5.91 Å². The number of rotatable bonds is 1. The summed E-state index contributed by atoms with van der Waals surface area (Å²) in [6, 6.07) is 15.6. The molecule has 172 valence electrons. The number of aliphatic hydroxyl groups excluding tert-OH is 3. The molecule has 1 amide bonds. The maximum Gasteiger partial charge on any atom is 0.252 e. The molecular formula is C26H23N3O5. The molecule has 1 fully saturated rings. The van der Waals surface area contributed by atoms with E-state index in [0.29, 0.717) is 12.1 Å².